The first-order valence-electron chi connectivity index (χ1n) is 4.78. The fourth-order valence-corrected chi connectivity index (χ4v) is 1.84. The SMILES string of the molecule is N#Cc1ccc2c(c1)CN(CN)CC2. The molecule has 1 aliphatic heterocycles. The van der Waals surface area contributed by atoms with Crippen molar-refractivity contribution in [1.82, 2.24) is 4.90 Å². The first kappa shape index (κ1) is 9.20. The standard InChI is InChI=1S/C11H13N3/c12-6-9-1-2-10-3-4-14(8-13)7-11(10)5-9/h1-2,5H,3-4,7-8,13H2. The van der Waals surface area contributed by atoms with Gasteiger partial charge in [-0.3, -0.25) is 4.90 Å². The molecule has 2 N–H and O–H groups in total. The van der Waals surface area contributed by atoms with Gasteiger partial charge in [-0.05, 0) is 29.7 Å². The Bertz CT molecular complexity index is 379. The van der Waals surface area contributed by atoms with Crippen LogP contribution in [0.25, 0.3) is 0 Å². The van der Waals surface area contributed by atoms with Crippen LogP contribution in [0.1, 0.15) is 16.7 Å². The van der Waals surface area contributed by atoms with Crippen LogP contribution in [0, 0.1) is 11.3 Å². The van der Waals surface area contributed by atoms with Crippen LogP contribution >= 0.6 is 0 Å². The molecule has 0 bridgehead atoms. The number of hydrogen-bond donors (Lipinski definition) is 1. The molecule has 0 aromatic heterocycles. The fraction of sp³-hybridized carbons (Fsp3) is 0.364. The maximum absolute atomic E-state index is 8.77. The van der Waals surface area contributed by atoms with E-state index in [1.165, 1.54) is 11.1 Å². The minimum atomic E-state index is 0.593. The lowest BCUT2D eigenvalue weighted by Gasteiger charge is -2.27. The van der Waals surface area contributed by atoms with Gasteiger partial charge >= 0.3 is 0 Å². The van der Waals surface area contributed by atoms with Crippen LogP contribution in [0.2, 0.25) is 0 Å². The maximum atomic E-state index is 8.77. The molecule has 0 saturated heterocycles. The van der Waals surface area contributed by atoms with E-state index in [9.17, 15) is 0 Å². The normalized spacial score (nSPS) is 16.0. The molecule has 3 heteroatoms. The van der Waals surface area contributed by atoms with E-state index in [0.717, 1.165) is 25.1 Å². The summed E-state index contributed by atoms with van der Waals surface area (Å²) in [5, 5.41) is 8.77. The second kappa shape index (κ2) is 3.79. The summed E-state index contributed by atoms with van der Waals surface area (Å²) in [6, 6.07) is 8.07. The van der Waals surface area contributed by atoms with Gasteiger partial charge in [-0.25, -0.2) is 0 Å². The third kappa shape index (κ3) is 1.63. The summed E-state index contributed by atoms with van der Waals surface area (Å²) in [6.45, 7) is 2.49. The molecule has 14 heavy (non-hydrogen) atoms. The monoisotopic (exact) mass is 187 g/mol. The van der Waals surface area contributed by atoms with Crippen molar-refractivity contribution in [3.63, 3.8) is 0 Å². The van der Waals surface area contributed by atoms with Gasteiger partial charge in [0.25, 0.3) is 0 Å². The number of hydrogen-bond acceptors (Lipinski definition) is 3. The van der Waals surface area contributed by atoms with Crippen LogP contribution in [0.15, 0.2) is 18.2 Å². The zero-order chi connectivity index (χ0) is 9.97. The first-order chi connectivity index (χ1) is 6.83. The number of fused-ring (bicyclic) bond motifs is 1. The average molecular weight is 187 g/mol. The molecule has 0 unspecified atom stereocenters. The summed E-state index contributed by atoms with van der Waals surface area (Å²) >= 11 is 0. The van der Waals surface area contributed by atoms with Crippen LogP contribution in [-0.4, -0.2) is 18.1 Å². The topological polar surface area (TPSA) is 53.0 Å². The van der Waals surface area contributed by atoms with Gasteiger partial charge in [-0.15, -0.1) is 0 Å². The fourth-order valence-electron chi connectivity index (χ4n) is 1.84. The van der Waals surface area contributed by atoms with E-state index >= 15 is 0 Å². The van der Waals surface area contributed by atoms with Crippen LogP contribution < -0.4 is 5.73 Å². The van der Waals surface area contributed by atoms with Crippen molar-refractivity contribution in [1.29, 1.82) is 5.26 Å². The zero-order valence-electron chi connectivity index (χ0n) is 8.03. The van der Waals surface area contributed by atoms with Crippen LogP contribution in [0.4, 0.5) is 0 Å². The van der Waals surface area contributed by atoms with Crippen molar-refractivity contribution in [2.45, 2.75) is 13.0 Å². The predicted molar refractivity (Wildman–Crippen MR) is 54.3 cm³/mol. The molecule has 2 rings (SSSR count). The Morgan fingerprint density at radius 2 is 2.29 bits per heavy atom. The van der Waals surface area contributed by atoms with Crippen LogP contribution in [0.5, 0.6) is 0 Å². The van der Waals surface area contributed by atoms with Crippen LogP contribution in [-0.2, 0) is 13.0 Å². The third-order valence-corrected chi connectivity index (χ3v) is 2.68. The summed E-state index contributed by atoms with van der Waals surface area (Å²) < 4.78 is 0. The Labute approximate surface area is 83.7 Å². The number of rotatable bonds is 1. The van der Waals surface area contributed by atoms with Gasteiger partial charge in [-0.2, -0.15) is 5.26 Å². The smallest absolute Gasteiger partial charge is 0.0991 e. The number of nitriles is 1. The van der Waals surface area contributed by atoms with Gasteiger partial charge in [0.2, 0.25) is 0 Å². The average Bonchev–Trinajstić information content (AvgIpc) is 2.27. The Morgan fingerprint density at radius 1 is 1.43 bits per heavy atom. The summed E-state index contributed by atoms with van der Waals surface area (Å²) in [4.78, 5) is 2.18. The largest absolute Gasteiger partial charge is 0.318 e. The van der Waals surface area contributed by atoms with Gasteiger partial charge in [0.05, 0.1) is 11.6 Å². The molecule has 0 saturated carbocycles. The Morgan fingerprint density at radius 3 is 3.00 bits per heavy atom. The molecule has 1 aromatic carbocycles. The van der Waals surface area contributed by atoms with Crippen LogP contribution in [0.3, 0.4) is 0 Å². The highest BCUT2D eigenvalue weighted by Gasteiger charge is 2.14. The second-order valence-electron chi connectivity index (χ2n) is 3.58. The molecule has 0 radical (unpaired) electrons. The lowest BCUT2D eigenvalue weighted by Crippen LogP contribution is -2.34. The van der Waals surface area contributed by atoms with E-state index < -0.39 is 0 Å². The summed E-state index contributed by atoms with van der Waals surface area (Å²) in [7, 11) is 0. The molecule has 0 aliphatic carbocycles. The highest BCUT2D eigenvalue weighted by atomic mass is 15.2. The van der Waals surface area contributed by atoms with E-state index in [4.69, 9.17) is 11.0 Å². The zero-order valence-corrected chi connectivity index (χ0v) is 8.03. The molecular weight excluding hydrogens is 174 g/mol. The van der Waals surface area contributed by atoms with Crippen molar-refractivity contribution >= 4 is 0 Å². The molecule has 0 amide bonds. The summed E-state index contributed by atoms with van der Waals surface area (Å²) in [6.07, 6.45) is 1.04. The van der Waals surface area contributed by atoms with Gasteiger partial charge in [0.15, 0.2) is 0 Å². The van der Waals surface area contributed by atoms with E-state index in [1.54, 1.807) is 0 Å². The van der Waals surface area contributed by atoms with Gasteiger partial charge < -0.3 is 5.73 Å². The van der Waals surface area contributed by atoms with Gasteiger partial charge in [0, 0.05) is 19.8 Å². The maximum Gasteiger partial charge on any atom is 0.0991 e. The van der Waals surface area contributed by atoms with Crippen molar-refractivity contribution in [2.24, 2.45) is 5.73 Å². The predicted octanol–water partition coefficient (Wildman–Crippen LogP) is 0.833. The van der Waals surface area contributed by atoms with Crippen molar-refractivity contribution in [3.05, 3.63) is 34.9 Å². The van der Waals surface area contributed by atoms with Gasteiger partial charge in [0.1, 0.15) is 0 Å². The molecule has 1 aliphatic rings. The molecule has 0 fully saturated rings. The molecule has 0 atom stereocenters. The van der Waals surface area contributed by atoms with Crippen molar-refractivity contribution < 1.29 is 0 Å². The number of nitrogens with two attached hydrogens (primary N) is 1. The summed E-state index contributed by atoms with van der Waals surface area (Å²) in [5.74, 6) is 0. The lowest BCUT2D eigenvalue weighted by molar-refractivity contribution is 0.261. The quantitative estimate of drug-likeness (QED) is 0.708. The lowest BCUT2D eigenvalue weighted by atomic mass is 9.98. The molecule has 72 valence electrons. The first-order valence-corrected chi connectivity index (χ1v) is 4.78. The van der Waals surface area contributed by atoms with Crippen molar-refractivity contribution in [3.8, 4) is 6.07 Å². The second-order valence-corrected chi connectivity index (χ2v) is 3.58. The number of benzene rings is 1. The minimum Gasteiger partial charge on any atom is -0.318 e. The highest BCUT2D eigenvalue weighted by molar-refractivity contribution is 5.39. The van der Waals surface area contributed by atoms with E-state index in [1.807, 2.05) is 12.1 Å². The Kier molecular flexibility index (Phi) is 2.49. The van der Waals surface area contributed by atoms with Gasteiger partial charge in [-0.1, -0.05) is 6.07 Å². The molecule has 1 heterocycles. The van der Waals surface area contributed by atoms with E-state index in [0.29, 0.717) is 6.67 Å². The highest BCUT2D eigenvalue weighted by Crippen LogP contribution is 2.19. The summed E-state index contributed by atoms with van der Waals surface area (Å²) in [5.41, 5.74) is 8.94. The molecule has 3 nitrogen and oxygen atoms in total. The van der Waals surface area contributed by atoms with Crippen molar-refractivity contribution in [2.75, 3.05) is 13.2 Å². The Balaban J connectivity index is 2.31. The molecule has 1 aromatic rings. The van der Waals surface area contributed by atoms with E-state index in [-0.39, 0.29) is 0 Å². The molecule has 0 spiro atoms. The minimum absolute atomic E-state index is 0.593. The molecular formula is C11H13N3. The number of nitrogens with zero attached hydrogens (tertiary/aromatic N) is 2. The third-order valence-electron chi connectivity index (χ3n) is 2.68. The van der Waals surface area contributed by atoms with E-state index in [2.05, 4.69) is 17.0 Å². The Hall–Kier alpha value is -1.37.